The summed E-state index contributed by atoms with van der Waals surface area (Å²) in [7, 11) is -3.60. The fourth-order valence-electron chi connectivity index (χ4n) is 3.97. The van der Waals surface area contributed by atoms with Gasteiger partial charge in [0.2, 0.25) is 15.9 Å². The van der Waals surface area contributed by atoms with Crippen LogP contribution in [0, 0.1) is 5.92 Å². The number of sulfonamides is 1. The van der Waals surface area contributed by atoms with Crippen LogP contribution in [0.15, 0.2) is 29.2 Å². The molecule has 0 aromatic heterocycles. The van der Waals surface area contributed by atoms with Gasteiger partial charge in [-0.3, -0.25) is 4.79 Å². The summed E-state index contributed by atoms with van der Waals surface area (Å²) in [5, 5.41) is 3.51. The van der Waals surface area contributed by atoms with E-state index >= 15 is 0 Å². The molecular formula is C20H30ClN3O3S. The number of benzene rings is 1. The molecule has 2 heterocycles. The Kier molecular flexibility index (Phi) is 7.74. The van der Waals surface area contributed by atoms with Crippen molar-refractivity contribution in [1.82, 2.24) is 14.5 Å². The van der Waals surface area contributed by atoms with Gasteiger partial charge in [0, 0.05) is 24.7 Å². The molecule has 0 spiro atoms. The van der Waals surface area contributed by atoms with E-state index < -0.39 is 10.0 Å². The van der Waals surface area contributed by atoms with Gasteiger partial charge in [0.05, 0.1) is 10.8 Å². The molecule has 8 heteroatoms. The molecule has 3 rings (SSSR count). The van der Waals surface area contributed by atoms with Crippen LogP contribution in [0.25, 0.3) is 0 Å². The summed E-state index contributed by atoms with van der Waals surface area (Å²) in [5.74, 6) is -0.319. The van der Waals surface area contributed by atoms with Gasteiger partial charge in [-0.2, -0.15) is 4.31 Å². The number of amides is 1. The molecular weight excluding hydrogens is 398 g/mol. The molecule has 1 aromatic rings. The van der Waals surface area contributed by atoms with Crippen LogP contribution in [-0.4, -0.2) is 62.8 Å². The first-order valence-corrected chi connectivity index (χ1v) is 12.0. The Morgan fingerprint density at radius 2 is 1.79 bits per heavy atom. The molecule has 28 heavy (non-hydrogen) atoms. The Labute approximate surface area is 173 Å². The molecule has 156 valence electrons. The smallest absolute Gasteiger partial charge is 0.243 e. The first kappa shape index (κ1) is 21.6. The van der Waals surface area contributed by atoms with Crippen LogP contribution < -0.4 is 5.32 Å². The maximum absolute atomic E-state index is 12.8. The van der Waals surface area contributed by atoms with Crippen molar-refractivity contribution >= 4 is 27.5 Å². The van der Waals surface area contributed by atoms with E-state index in [1.165, 1.54) is 35.7 Å². The summed E-state index contributed by atoms with van der Waals surface area (Å²) in [6.45, 7) is 4.67. The second-order valence-electron chi connectivity index (χ2n) is 7.70. The summed E-state index contributed by atoms with van der Waals surface area (Å²) in [6.07, 6.45) is 6.22. The number of hydrogen-bond donors (Lipinski definition) is 1. The number of carbonyl (C=O) groups excluding carboxylic acids is 1. The van der Waals surface area contributed by atoms with Crippen molar-refractivity contribution in [1.29, 1.82) is 0 Å². The van der Waals surface area contributed by atoms with Gasteiger partial charge in [-0.05, 0) is 76.0 Å². The molecule has 1 N–H and O–H groups in total. The third kappa shape index (κ3) is 5.69. The van der Waals surface area contributed by atoms with Crippen molar-refractivity contribution in [2.45, 2.75) is 43.4 Å². The Morgan fingerprint density at radius 3 is 2.50 bits per heavy atom. The second-order valence-corrected chi connectivity index (χ2v) is 10.1. The van der Waals surface area contributed by atoms with Gasteiger partial charge in [0.1, 0.15) is 0 Å². The Morgan fingerprint density at radius 1 is 1.07 bits per heavy atom. The molecule has 2 fully saturated rings. The van der Waals surface area contributed by atoms with E-state index in [1.54, 1.807) is 12.1 Å². The molecule has 1 atom stereocenters. The van der Waals surface area contributed by atoms with Crippen LogP contribution in [0.3, 0.4) is 0 Å². The number of rotatable bonds is 7. The third-order valence-corrected chi connectivity index (χ3v) is 7.74. The van der Waals surface area contributed by atoms with Crippen molar-refractivity contribution in [2.75, 3.05) is 39.3 Å². The first-order chi connectivity index (χ1) is 13.5. The largest absolute Gasteiger partial charge is 0.356 e. The zero-order valence-electron chi connectivity index (χ0n) is 16.3. The lowest BCUT2D eigenvalue weighted by Crippen LogP contribution is -2.45. The Bertz CT molecular complexity index is 748. The number of carbonyl (C=O) groups is 1. The van der Waals surface area contributed by atoms with Gasteiger partial charge in [-0.25, -0.2) is 8.42 Å². The molecule has 1 aromatic carbocycles. The zero-order chi connectivity index (χ0) is 20.0. The number of hydrogen-bond acceptors (Lipinski definition) is 4. The van der Waals surface area contributed by atoms with E-state index in [9.17, 15) is 13.2 Å². The monoisotopic (exact) mass is 427 g/mol. The fourth-order valence-corrected chi connectivity index (χ4v) is 5.62. The van der Waals surface area contributed by atoms with Crippen LogP contribution in [0.1, 0.15) is 38.5 Å². The number of likely N-dealkylation sites (tertiary alicyclic amines) is 1. The summed E-state index contributed by atoms with van der Waals surface area (Å²) in [5.41, 5.74) is 0. The van der Waals surface area contributed by atoms with Crippen molar-refractivity contribution in [3.63, 3.8) is 0 Å². The maximum Gasteiger partial charge on any atom is 0.243 e. The topological polar surface area (TPSA) is 69.7 Å². The first-order valence-electron chi connectivity index (χ1n) is 10.2. The van der Waals surface area contributed by atoms with Gasteiger partial charge >= 0.3 is 0 Å². The van der Waals surface area contributed by atoms with Crippen molar-refractivity contribution in [3.05, 3.63) is 29.3 Å². The number of nitrogens with one attached hydrogen (secondary N) is 1. The van der Waals surface area contributed by atoms with Crippen LogP contribution >= 0.6 is 11.6 Å². The molecule has 6 nitrogen and oxygen atoms in total. The van der Waals surface area contributed by atoms with E-state index in [-0.39, 0.29) is 23.3 Å². The lowest BCUT2D eigenvalue weighted by molar-refractivity contribution is -0.126. The molecule has 0 unspecified atom stereocenters. The number of piperidine rings is 2. The van der Waals surface area contributed by atoms with Crippen molar-refractivity contribution in [3.8, 4) is 0 Å². The van der Waals surface area contributed by atoms with Crippen LogP contribution in [0.4, 0.5) is 0 Å². The van der Waals surface area contributed by atoms with Crippen molar-refractivity contribution in [2.24, 2.45) is 5.92 Å². The highest BCUT2D eigenvalue weighted by atomic mass is 35.5. The molecule has 2 saturated heterocycles. The summed E-state index contributed by atoms with van der Waals surface area (Å²) in [4.78, 5) is 15.2. The lowest BCUT2D eigenvalue weighted by Gasteiger charge is -2.31. The highest BCUT2D eigenvalue weighted by molar-refractivity contribution is 7.89. The van der Waals surface area contributed by atoms with E-state index in [0.29, 0.717) is 24.5 Å². The average molecular weight is 428 g/mol. The minimum absolute atomic E-state index is 0.0327. The van der Waals surface area contributed by atoms with Crippen LogP contribution in [0.2, 0.25) is 5.02 Å². The highest BCUT2D eigenvalue weighted by Crippen LogP contribution is 2.24. The molecule has 0 aliphatic carbocycles. The lowest BCUT2D eigenvalue weighted by atomic mass is 9.99. The van der Waals surface area contributed by atoms with E-state index in [4.69, 9.17) is 11.6 Å². The zero-order valence-corrected chi connectivity index (χ0v) is 17.8. The quantitative estimate of drug-likeness (QED) is 0.679. The number of nitrogens with zero attached hydrogens (tertiary/aromatic N) is 2. The summed E-state index contributed by atoms with van der Waals surface area (Å²) >= 11 is 5.86. The second kappa shape index (κ2) is 10.1. The maximum atomic E-state index is 12.8. The molecule has 0 bridgehead atoms. The van der Waals surface area contributed by atoms with Crippen molar-refractivity contribution < 1.29 is 13.2 Å². The predicted molar refractivity (Wildman–Crippen MR) is 111 cm³/mol. The van der Waals surface area contributed by atoms with Gasteiger partial charge in [-0.1, -0.05) is 18.0 Å². The van der Waals surface area contributed by atoms with Gasteiger partial charge in [0.25, 0.3) is 0 Å². The van der Waals surface area contributed by atoms with Gasteiger partial charge in [0.15, 0.2) is 0 Å². The molecule has 2 aliphatic heterocycles. The van der Waals surface area contributed by atoms with E-state index in [2.05, 4.69) is 10.2 Å². The van der Waals surface area contributed by atoms with Gasteiger partial charge < -0.3 is 10.2 Å². The molecule has 0 radical (unpaired) electrons. The predicted octanol–water partition coefficient (Wildman–Crippen LogP) is 2.73. The Balaban J connectivity index is 1.48. The highest BCUT2D eigenvalue weighted by Gasteiger charge is 2.33. The van der Waals surface area contributed by atoms with Crippen LogP contribution in [-0.2, 0) is 14.8 Å². The fraction of sp³-hybridized carbons (Fsp3) is 0.650. The third-order valence-electron chi connectivity index (χ3n) is 5.61. The van der Waals surface area contributed by atoms with Gasteiger partial charge in [-0.15, -0.1) is 0 Å². The molecule has 2 aliphatic rings. The normalized spacial score (nSPS) is 22.1. The SMILES string of the molecule is O=C(NCCCN1CCCCC1)[C@@H]1CCCN(S(=O)(=O)c2ccc(Cl)cc2)C1. The average Bonchev–Trinajstić information content (AvgIpc) is 2.72. The van der Waals surface area contributed by atoms with Crippen LogP contribution in [0.5, 0.6) is 0 Å². The Hall–Kier alpha value is -1.15. The molecule has 1 amide bonds. The summed E-state index contributed by atoms with van der Waals surface area (Å²) < 4.78 is 27.1. The number of halogens is 1. The minimum Gasteiger partial charge on any atom is -0.356 e. The summed E-state index contributed by atoms with van der Waals surface area (Å²) in [6, 6.07) is 6.18. The molecule has 0 saturated carbocycles. The van der Waals surface area contributed by atoms with E-state index in [0.717, 1.165) is 32.5 Å². The minimum atomic E-state index is -3.60. The van der Waals surface area contributed by atoms with E-state index in [1.807, 2.05) is 0 Å². The standard InChI is InChI=1S/C20H30ClN3O3S/c21-18-7-9-19(10-8-18)28(26,27)24-15-4-6-17(16-24)20(25)22-11-5-14-23-12-2-1-3-13-23/h7-10,17H,1-6,11-16H2,(H,22,25)/t17-/m1/s1.